The van der Waals surface area contributed by atoms with Gasteiger partial charge in [-0.3, -0.25) is 0 Å². The molecule has 2 atom stereocenters. The van der Waals surface area contributed by atoms with E-state index in [-0.39, 0.29) is 5.92 Å². The van der Waals surface area contributed by atoms with Gasteiger partial charge in [0.25, 0.3) is 0 Å². The summed E-state index contributed by atoms with van der Waals surface area (Å²) in [4.78, 5) is 0. The molecule has 0 amide bonds. The second kappa shape index (κ2) is 6.18. The fraction of sp³-hybridized carbons (Fsp3) is 0.381. The van der Waals surface area contributed by atoms with E-state index in [4.69, 9.17) is 4.74 Å². The Morgan fingerprint density at radius 2 is 1.83 bits per heavy atom. The van der Waals surface area contributed by atoms with E-state index in [0.29, 0.717) is 13.0 Å². The van der Waals surface area contributed by atoms with Gasteiger partial charge >= 0.3 is 0 Å². The Labute approximate surface area is 138 Å². The number of rotatable bonds is 4. The number of hydrogen-bond donors (Lipinski definition) is 0. The fourth-order valence-corrected chi connectivity index (χ4v) is 3.49. The van der Waals surface area contributed by atoms with Gasteiger partial charge < -0.3 is 4.74 Å². The molecule has 1 heterocycles. The summed E-state index contributed by atoms with van der Waals surface area (Å²) in [5.74, 6) is -0.0106. The third-order valence-corrected chi connectivity index (χ3v) is 4.90. The Bertz CT molecular complexity index is 741. The number of benzene rings is 2. The minimum absolute atomic E-state index is 0.0106. The largest absolute Gasteiger partial charge is 0.361 e. The van der Waals surface area contributed by atoms with Gasteiger partial charge in [0, 0.05) is 12.3 Å². The van der Waals surface area contributed by atoms with Crippen LogP contribution < -0.4 is 0 Å². The summed E-state index contributed by atoms with van der Waals surface area (Å²) in [5, 5.41) is 9.48. The maximum absolute atomic E-state index is 9.48. The molecule has 0 aromatic heterocycles. The Balaban J connectivity index is 2.13. The van der Waals surface area contributed by atoms with E-state index in [1.54, 1.807) is 0 Å². The molecule has 2 unspecified atom stereocenters. The standard InChI is InChI=1S/C21H23NO/c1-4-17(13-22)12-21(19-8-5-15(2)6-9-19)20-10-7-16(3)11-18(20)14-23-21/h5-11,17H,4,12,14H2,1-3H3. The lowest BCUT2D eigenvalue weighted by atomic mass is 9.78. The highest BCUT2D eigenvalue weighted by molar-refractivity contribution is 5.46. The Morgan fingerprint density at radius 1 is 1.13 bits per heavy atom. The van der Waals surface area contributed by atoms with Gasteiger partial charge in [-0.2, -0.15) is 5.26 Å². The smallest absolute Gasteiger partial charge is 0.120 e. The molecule has 0 saturated heterocycles. The zero-order valence-electron chi connectivity index (χ0n) is 14.1. The van der Waals surface area contributed by atoms with Crippen molar-refractivity contribution < 1.29 is 4.74 Å². The quantitative estimate of drug-likeness (QED) is 0.795. The van der Waals surface area contributed by atoms with Gasteiger partial charge in [-0.15, -0.1) is 0 Å². The Hall–Kier alpha value is -2.11. The normalized spacial score (nSPS) is 20.8. The van der Waals surface area contributed by atoms with Crippen molar-refractivity contribution in [3.05, 3.63) is 70.3 Å². The van der Waals surface area contributed by atoms with E-state index in [2.05, 4.69) is 69.3 Å². The number of ether oxygens (including phenoxy) is 1. The lowest BCUT2D eigenvalue weighted by Gasteiger charge is -2.32. The van der Waals surface area contributed by atoms with Crippen molar-refractivity contribution in [2.75, 3.05) is 0 Å². The third-order valence-electron chi connectivity index (χ3n) is 4.90. The summed E-state index contributed by atoms with van der Waals surface area (Å²) in [6, 6.07) is 17.5. The van der Waals surface area contributed by atoms with Crippen molar-refractivity contribution in [3.63, 3.8) is 0 Å². The van der Waals surface area contributed by atoms with E-state index >= 15 is 0 Å². The second-order valence-corrected chi connectivity index (χ2v) is 6.58. The average molecular weight is 305 g/mol. The summed E-state index contributed by atoms with van der Waals surface area (Å²) in [7, 11) is 0. The molecule has 118 valence electrons. The summed E-state index contributed by atoms with van der Waals surface area (Å²) in [6.07, 6.45) is 1.55. The molecular formula is C21H23NO. The lowest BCUT2D eigenvalue weighted by molar-refractivity contribution is -0.0189. The van der Waals surface area contributed by atoms with Crippen LogP contribution in [0.2, 0.25) is 0 Å². The Morgan fingerprint density at radius 3 is 2.48 bits per heavy atom. The molecule has 0 radical (unpaired) electrons. The van der Waals surface area contributed by atoms with Crippen LogP contribution >= 0.6 is 0 Å². The first kappa shape index (κ1) is 15.8. The fourth-order valence-electron chi connectivity index (χ4n) is 3.49. The molecule has 0 N–H and O–H groups in total. The molecule has 1 aliphatic heterocycles. The van der Waals surface area contributed by atoms with Gasteiger partial charge in [0.2, 0.25) is 0 Å². The van der Waals surface area contributed by atoms with Crippen molar-refractivity contribution >= 4 is 0 Å². The van der Waals surface area contributed by atoms with Gasteiger partial charge in [-0.1, -0.05) is 60.5 Å². The zero-order chi connectivity index (χ0) is 16.4. The molecule has 3 rings (SSSR count). The molecule has 1 aliphatic rings. The predicted octanol–water partition coefficient (Wildman–Crippen LogP) is 5.02. The maximum Gasteiger partial charge on any atom is 0.120 e. The van der Waals surface area contributed by atoms with E-state index in [1.807, 2.05) is 0 Å². The van der Waals surface area contributed by atoms with Crippen LogP contribution in [0.25, 0.3) is 0 Å². The Kier molecular flexibility index (Phi) is 4.24. The topological polar surface area (TPSA) is 33.0 Å². The molecular weight excluding hydrogens is 282 g/mol. The van der Waals surface area contributed by atoms with E-state index < -0.39 is 5.60 Å². The minimum atomic E-state index is -0.493. The van der Waals surface area contributed by atoms with E-state index in [0.717, 1.165) is 12.0 Å². The number of nitrogens with zero attached hydrogens (tertiary/aromatic N) is 1. The van der Waals surface area contributed by atoms with Crippen LogP contribution in [0.1, 0.15) is 47.6 Å². The lowest BCUT2D eigenvalue weighted by Crippen LogP contribution is -2.29. The number of nitriles is 1. The molecule has 0 saturated carbocycles. The molecule has 0 aliphatic carbocycles. The van der Waals surface area contributed by atoms with E-state index in [1.165, 1.54) is 22.3 Å². The van der Waals surface area contributed by atoms with Gasteiger partial charge in [0.15, 0.2) is 0 Å². The van der Waals surface area contributed by atoms with Crippen molar-refractivity contribution in [1.29, 1.82) is 5.26 Å². The zero-order valence-corrected chi connectivity index (χ0v) is 14.1. The van der Waals surface area contributed by atoms with Gasteiger partial charge in [-0.25, -0.2) is 0 Å². The average Bonchev–Trinajstić information content (AvgIpc) is 2.92. The van der Waals surface area contributed by atoms with Crippen molar-refractivity contribution in [1.82, 2.24) is 0 Å². The second-order valence-electron chi connectivity index (χ2n) is 6.58. The van der Waals surface area contributed by atoms with Crippen LogP contribution in [-0.2, 0) is 16.9 Å². The first-order valence-electron chi connectivity index (χ1n) is 8.30. The molecule has 2 aromatic rings. The van der Waals surface area contributed by atoms with Crippen LogP contribution in [0.4, 0.5) is 0 Å². The molecule has 2 nitrogen and oxygen atoms in total. The molecule has 0 spiro atoms. The summed E-state index contributed by atoms with van der Waals surface area (Å²) >= 11 is 0. The van der Waals surface area contributed by atoms with Crippen LogP contribution in [-0.4, -0.2) is 0 Å². The minimum Gasteiger partial charge on any atom is -0.361 e. The van der Waals surface area contributed by atoms with Crippen LogP contribution in [0.15, 0.2) is 42.5 Å². The molecule has 23 heavy (non-hydrogen) atoms. The van der Waals surface area contributed by atoms with Crippen molar-refractivity contribution in [2.45, 2.75) is 45.8 Å². The summed E-state index contributed by atoms with van der Waals surface area (Å²) < 4.78 is 6.38. The monoisotopic (exact) mass is 305 g/mol. The predicted molar refractivity (Wildman–Crippen MR) is 91.9 cm³/mol. The van der Waals surface area contributed by atoms with Crippen molar-refractivity contribution in [3.8, 4) is 6.07 Å². The van der Waals surface area contributed by atoms with Crippen LogP contribution in [0.5, 0.6) is 0 Å². The molecule has 2 heteroatoms. The highest BCUT2D eigenvalue weighted by Gasteiger charge is 2.43. The SMILES string of the molecule is CCC(C#N)CC1(c2ccc(C)cc2)OCc2cc(C)ccc21. The number of fused-ring (bicyclic) bond motifs is 1. The van der Waals surface area contributed by atoms with Crippen LogP contribution in [0, 0.1) is 31.1 Å². The summed E-state index contributed by atoms with van der Waals surface area (Å²) in [5.41, 5.74) is 5.61. The first-order chi connectivity index (χ1) is 11.1. The summed E-state index contributed by atoms with van der Waals surface area (Å²) in [6.45, 7) is 6.89. The van der Waals surface area contributed by atoms with Crippen molar-refractivity contribution in [2.24, 2.45) is 5.92 Å². The van der Waals surface area contributed by atoms with Crippen LogP contribution in [0.3, 0.4) is 0 Å². The molecule has 0 fully saturated rings. The third kappa shape index (κ3) is 2.78. The number of hydrogen-bond acceptors (Lipinski definition) is 2. The molecule has 2 aromatic carbocycles. The number of aryl methyl sites for hydroxylation is 2. The van der Waals surface area contributed by atoms with Gasteiger partial charge in [0.05, 0.1) is 12.7 Å². The highest BCUT2D eigenvalue weighted by Crippen LogP contribution is 2.46. The maximum atomic E-state index is 9.48. The van der Waals surface area contributed by atoms with Gasteiger partial charge in [0.1, 0.15) is 5.60 Å². The van der Waals surface area contributed by atoms with Gasteiger partial charge in [-0.05, 0) is 37.0 Å². The molecule has 0 bridgehead atoms. The highest BCUT2D eigenvalue weighted by atomic mass is 16.5. The first-order valence-corrected chi connectivity index (χ1v) is 8.30. The van der Waals surface area contributed by atoms with E-state index in [9.17, 15) is 5.26 Å².